The number of rotatable bonds is 5. The predicted molar refractivity (Wildman–Crippen MR) is 73.8 cm³/mol. The van der Waals surface area contributed by atoms with E-state index in [0.29, 0.717) is 23.3 Å². The Morgan fingerprint density at radius 1 is 1.42 bits per heavy atom. The van der Waals surface area contributed by atoms with Crippen molar-refractivity contribution in [3.8, 4) is 11.5 Å². The highest BCUT2D eigenvalue weighted by Crippen LogP contribution is 2.33. The van der Waals surface area contributed by atoms with E-state index in [9.17, 15) is 0 Å². The predicted octanol–water partition coefficient (Wildman–Crippen LogP) is 2.75. The molecule has 104 valence electrons. The first kappa shape index (κ1) is 14.0. The van der Waals surface area contributed by atoms with Crippen LogP contribution >= 0.6 is 11.5 Å². The molecule has 0 spiro atoms. The summed E-state index contributed by atoms with van der Waals surface area (Å²) < 4.78 is 15.2. The zero-order valence-electron chi connectivity index (χ0n) is 11.6. The minimum absolute atomic E-state index is 0.401. The van der Waals surface area contributed by atoms with Gasteiger partial charge in [-0.15, -0.1) is 0 Å². The van der Waals surface area contributed by atoms with Gasteiger partial charge in [0.05, 0.1) is 11.3 Å². The minimum atomic E-state index is -0.539. The van der Waals surface area contributed by atoms with Crippen LogP contribution in [0.5, 0.6) is 0 Å². The summed E-state index contributed by atoms with van der Waals surface area (Å²) in [7, 11) is 0. The summed E-state index contributed by atoms with van der Waals surface area (Å²) in [4.78, 5) is 4.42. The van der Waals surface area contributed by atoms with Crippen molar-refractivity contribution in [3.05, 3.63) is 11.5 Å². The van der Waals surface area contributed by atoms with Crippen molar-refractivity contribution in [2.75, 3.05) is 12.3 Å². The van der Waals surface area contributed by atoms with E-state index in [-0.39, 0.29) is 0 Å². The Labute approximate surface area is 116 Å². The number of nitrogens with two attached hydrogens (primary N) is 1. The Balaban J connectivity index is 2.39. The van der Waals surface area contributed by atoms with E-state index in [1.54, 1.807) is 0 Å². The van der Waals surface area contributed by atoms with E-state index in [2.05, 4.69) is 14.5 Å². The molecule has 1 unspecified atom stereocenters. The summed E-state index contributed by atoms with van der Waals surface area (Å²) in [6.45, 7) is 8.38. The Morgan fingerprint density at radius 3 is 2.68 bits per heavy atom. The van der Waals surface area contributed by atoms with Crippen molar-refractivity contribution in [2.45, 2.75) is 39.7 Å². The molecule has 0 bridgehead atoms. The molecule has 0 aliphatic heterocycles. The second-order valence-electron chi connectivity index (χ2n) is 4.45. The fourth-order valence-electron chi connectivity index (χ4n) is 1.83. The lowest BCUT2D eigenvalue weighted by atomic mass is 10.0. The molecule has 6 nitrogen and oxygen atoms in total. The van der Waals surface area contributed by atoms with Crippen molar-refractivity contribution in [1.82, 2.24) is 14.5 Å². The van der Waals surface area contributed by atoms with E-state index in [0.717, 1.165) is 17.7 Å². The molecular weight excluding hydrogens is 264 g/mol. The number of hydrogen-bond acceptors (Lipinski definition) is 7. The highest BCUT2D eigenvalue weighted by Gasteiger charge is 2.31. The van der Waals surface area contributed by atoms with Crippen molar-refractivity contribution in [1.29, 1.82) is 0 Å². The number of ether oxygens (including phenoxy) is 1. The smallest absolute Gasteiger partial charge is 0.262 e. The van der Waals surface area contributed by atoms with Crippen molar-refractivity contribution >= 4 is 16.5 Å². The van der Waals surface area contributed by atoms with Crippen LogP contribution in [-0.4, -0.2) is 21.1 Å². The topological polar surface area (TPSA) is 87.1 Å². The maximum Gasteiger partial charge on any atom is 0.262 e. The number of hydrogen-bond donors (Lipinski definition) is 1. The van der Waals surface area contributed by atoms with Gasteiger partial charge in [0.15, 0.2) is 0 Å². The van der Waals surface area contributed by atoms with Crippen LogP contribution in [0.1, 0.15) is 38.7 Å². The Hall–Kier alpha value is -1.47. The first-order valence-corrected chi connectivity index (χ1v) is 6.99. The summed E-state index contributed by atoms with van der Waals surface area (Å²) in [5, 5.41) is 4.61. The van der Waals surface area contributed by atoms with Crippen LogP contribution in [0.2, 0.25) is 0 Å². The molecule has 0 fully saturated rings. The maximum atomic E-state index is 5.88. The summed E-state index contributed by atoms with van der Waals surface area (Å²) >= 11 is 1.23. The Bertz CT molecular complexity index is 546. The zero-order chi connectivity index (χ0) is 14.0. The van der Waals surface area contributed by atoms with Crippen LogP contribution < -0.4 is 5.73 Å². The van der Waals surface area contributed by atoms with Gasteiger partial charge >= 0.3 is 0 Å². The minimum Gasteiger partial charge on any atom is -0.389 e. The quantitative estimate of drug-likeness (QED) is 0.907. The molecule has 0 amide bonds. The molecule has 2 heterocycles. The van der Waals surface area contributed by atoms with Crippen LogP contribution in [0.3, 0.4) is 0 Å². The first-order chi connectivity index (χ1) is 9.01. The second-order valence-corrected chi connectivity index (χ2v) is 5.25. The molecule has 0 aliphatic carbocycles. The highest BCUT2D eigenvalue weighted by atomic mass is 32.1. The molecule has 2 rings (SSSR count). The Kier molecular flexibility index (Phi) is 3.86. The zero-order valence-corrected chi connectivity index (χ0v) is 12.4. The van der Waals surface area contributed by atoms with E-state index in [1.165, 1.54) is 11.5 Å². The molecule has 2 aromatic heterocycles. The van der Waals surface area contributed by atoms with Gasteiger partial charge in [-0.2, -0.15) is 9.36 Å². The van der Waals surface area contributed by atoms with Gasteiger partial charge in [0.1, 0.15) is 10.6 Å². The van der Waals surface area contributed by atoms with E-state index >= 15 is 0 Å². The normalized spacial score (nSPS) is 14.5. The van der Waals surface area contributed by atoms with Gasteiger partial charge in [0, 0.05) is 6.61 Å². The summed E-state index contributed by atoms with van der Waals surface area (Å²) in [6, 6.07) is 0. The fourth-order valence-corrected chi connectivity index (χ4v) is 2.48. The highest BCUT2D eigenvalue weighted by molar-refractivity contribution is 7.10. The van der Waals surface area contributed by atoms with Gasteiger partial charge < -0.3 is 15.0 Å². The number of aryl methyl sites for hydroxylation is 1. The van der Waals surface area contributed by atoms with Gasteiger partial charge in [0.2, 0.25) is 5.82 Å². The summed E-state index contributed by atoms with van der Waals surface area (Å²) in [5.41, 5.74) is 6.86. The molecule has 0 aromatic carbocycles. The van der Waals surface area contributed by atoms with Crippen LogP contribution in [-0.2, 0) is 10.3 Å². The molecule has 19 heavy (non-hydrogen) atoms. The Morgan fingerprint density at radius 2 is 2.16 bits per heavy atom. The molecule has 0 radical (unpaired) electrons. The van der Waals surface area contributed by atoms with Crippen molar-refractivity contribution < 1.29 is 9.26 Å². The third-order valence-corrected chi connectivity index (χ3v) is 3.91. The van der Waals surface area contributed by atoms with Crippen LogP contribution in [0.25, 0.3) is 11.5 Å². The average molecular weight is 282 g/mol. The summed E-state index contributed by atoms with van der Waals surface area (Å²) in [6.07, 6.45) is 0.760. The van der Waals surface area contributed by atoms with Gasteiger partial charge in [-0.3, -0.25) is 0 Å². The lowest BCUT2D eigenvalue weighted by Gasteiger charge is -2.23. The van der Waals surface area contributed by atoms with Gasteiger partial charge in [-0.1, -0.05) is 12.1 Å². The van der Waals surface area contributed by atoms with E-state index < -0.39 is 5.60 Å². The van der Waals surface area contributed by atoms with Gasteiger partial charge in [-0.05, 0) is 38.7 Å². The number of nitrogens with zero attached hydrogens (tertiary/aromatic N) is 3. The molecule has 1 atom stereocenters. The number of anilines is 1. The third-order valence-electron chi connectivity index (χ3n) is 3.14. The SMILES string of the molecule is CCOC(C)(CC)c1noc(-c2c(C)nsc2N)n1. The molecule has 2 aromatic rings. The molecule has 0 aliphatic rings. The van der Waals surface area contributed by atoms with Gasteiger partial charge in [-0.25, -0.2) is 0 Å². The monoisotopic (exact) mass is 282 g/mol. The van der Waals surface area contributed by atoms with Crippen LogP contribution in [0.4, 0.5) is 5.00 Å². The lowest BCUT2D eigenvalue weighted by molar-refractivity contribution is -0.0403. The molecule has 0 saturated heterocycles. The van der Waals surface area contributed by atoms with Crippen LogP contribution in [0, 0.1) is 6.92 Å². The van der Waals surface area contributed by atoms with Crippen LogP contribution in [0.15, 0.2) is 4.52 Å². The molecule has 0 saturated carbocycles. The van der Waals surface area contributed by atoms with Gasteiger partial charge in [0.25, 0.3) is 5.89 Å². The number of nitrogen functional groups attached to an aromatic ring is 1. The van der Waals surface area contributed by atoms with E-state index in [4.69, 9.17) is 15.0 Å². The average Bonchev–Trinajstić information content (AvgIpc) is 2.97. The third kappa shape index (κ3) is 2.48. The fraction of sp³-hybridized carbons (Fsp3) is 0.583. The number of aromatic nitrogens is 3. The second kappa shape index (κ2) is 5.26. The standard InChI is InChI=1S/C12H18N4O2S/c1-5-12(4,17-6-2)11-14-10(18-15-11)8-7(3)16-19-9(8)13/h5-6,13H2,1-4H3. The largest absolute Gasteiger partial charge is 0.389 e. The summed E-state index contributed by atoms with van der Waals surface area (Å²) in [5.74, 6) is 0.940. The molecule has 2 N–H and O–H groups in total. The molecular formula is C12H18N4O2S. The van der Waals surface area contributed by atoms with E-state index in [1.807, 2.05) is 27.7 Å². The lowest BCUT2D eigenvalue weighted by Crippen LogP contribution is -2.26. The molecule has 7 heteroatoms. The first-order valence-electron chi connectivity index (χ1n) is 6.22. The van der Waals surface area contributed by atoms with Crippen molar-refractivity contribution in [3.63, 3.8) is 0 Å². The maximum absolute atomic E-state index is 5.88. The van der Waals surface area contributed by atoms with Crippen molar-refractivity contribution in [2.24, 2.45) is 0 Å².